The van der Waals surface area contributed by atoms with Gasteiger partial charge in [-0.1, -0.05) is 0 Å². The minimum absolute atomic E-state index is 0.138. The van der Waals surface area contributed by atoms with Gasteiger partial charge in [0.25, 0.3) is 5.56 Å². The molecule has 0 aromatic carbocycles. The molecule has 0 aliphatic rings. The molecule has 2 N–H and O–H groups in total. The monoisotopic (exact) mass is 251 g/mol. The molecule has 0 spiro atoms. The van der Waals surface area contributed by atoms with Crippen LogP contribution in [0.25, 0.3) is 5.65 Å². The number of nitrogens with zero attached hydrogens (tertiary/aromatic N) is 2. The maximum atomic E-state index is 11.8. The lowest BCUT2D eigenvalue weighted by atomic mass is 10.2. The average molecular weight is 251 g/mol. The fraction of sp³-hybridized carbons (Fsp3) is 0.364. The molecule has 0 aliphatic heterocycles. The number of aromatic nitrogens is 3. The maximum Gasteiger partial charge on any atom is 0.343 e. The van der Waals surface area contributed by atoms with Crippen molar-refractivity contribution in [2.45, 2.75) is 20.8 Å². The largest absolute Gasteiger partial charge is 0.493 e. The Kier molecular flexibility index (Phi) is 2.82. The summed E-state index contributed by atoms with van der Waals surface area (Å²) in [7, 11) is 0. The first kappa shape index (κ1) is 12.2. The molecule has 96 valence electrons. The van der Waals surface area contributed by atoms with Gasteiger partial charge >= 0.3 is 5.97 Å². The summed E-state index contributed by atoms with van der Waals surface area (Å²) in [6.07, 6.45) is 0. The molecule has 18 heavy (non-hydrogen) atoms. The van der Waals surface area contributed by atoms with Crippen LogP contribution in [-0.4, -0.2) is 32.3 Å². The summed E-state index contributed by atoms with van der Waals surface area (Å²) < 4.78 is 6.01. The quantitative estimate of drug-likeness (QED) is 0.758. The Labute approximate surface area is 102 Å². The first-order chi connectivity index (χ1) is 8.47. The molecule has 0 saturated carbocycles. The van der Waals surface area contributed by atoms with Gasteiger partial charge in [-0.3, -0.25) is 4.79 Å². The van der Waals surface area contributed by atoms with Crippen LogP contribution in [-0.2, 0) is 4.74 Å². The van der Waals surface area contributed by atoms with Crippen molar-refractivity contribution in [2.24, 2.45) is 0 Å². The summed E-state index contributed by atoms with van der Waals surface area (Å²) in [4.78, 5) is 25.9. The second kappa shape index (κ2) is 4.17. The lowest BCUT2D eigenvalue weighted by Gasteiger charge is -2.02. The van der Waals surface area contributed by atoms with Gasteiger partial charge in [-0.25, -0.2) is 4.79 Å². The third kappa shape index (κ3) is 1.64. The molecule has 0 radical (unpaired) electrons. The Bertz CT molecular complexity index is 684. The number of ether oxygens (including phenoxy) is 1. The summed E-state index contributed by atoms with van der Waals surface area (Å²) in [6, 6.07) is 0. The van der Waals surface area contributed by atoms with Crippen molar-refractivity contribution in [2.75, 3.05) is 6.61 Å². The molecule has 0 atom stereocenters. The van der Waals surface area contributed by atoms with Gasteiger partial charge in [-0.15, -0.1) is 0 Å². The zero-order valence-electron chi connectivity index (χ0n) is 10.3. The van der Waals surface area contributed by atoms with E-state index in [4.69, 9.17) is 4.74 Å². The highest BCUT2D eigenvalue weighted by molar-refractivity contribution is 5.97. The number of hydrogen-bond acceptors (Lipinski definition) is 5. The third-order valence-electron chi connectivity index (χ3n) is 2.65. The second-order valence-electron chi connectivity index (χ2n) is 3.84. The van der Waals surface area contributed by atoms with Crippen LogP contribution in [0.1, 0.15) is 28.5 Å². The predicted molar refractivity (Wildman–Crippen MR) is 62.9 cm³/mol. The minimum atomic E-state index is -0.580. The lowest BCUT2D eigenvalue weighted by Crippen LogP contribution is -2.14. The summed E-state index contributed by atoms with van der Waals surface area (Å²) in [5.74, 6) is -0.865. The van der Waals surface area contributed by atoms with Crippen molar-refractivity contribution in [3.05, 3.63) is 27.2 Å². The van der Waals surface area contributed by atoms with E-state index in [0.29, 0.717) is 5.69 Å². The van der Waals surface area contributed by atoms with Gasteiger partial charge in [0, 0.05) is 0 Å². The molecule has 2 rings (SSSR count). The number of H-pyrrole nitrogens is 1. The van der Waals surface area contributed by atoms with Crippen LogP contribution in [0, 0.1) is 13.8 Å². The van der Waals surface area contributed by atoms with Gasteiger partial charge in [-0.05, 0) is 20.8 Å². The number of aromatic amines is 1. The van der Waals surface area contributed by atoms with Crippen molar-refractivity contribution < 1.29 is 14.6 Å². The van der Waals surface area contributed by atoms with Crippen LogP contribution in [0.15, 0.2) is 4.79 Å². The molecule has 2 aromatic rings. The second-order valence-corrected chi connectivity index (χ2v) is 3.84. The van der Waals surface area contributed by atoms with Crippen molar-refractivity contribution >= 4 is 11.6 Å². The molecular formula is C11H13N3O4. The van der Waals surface area contributed by atoms with E-state index in [1.165, 1.54) is 6.92 Å². The zero-order chi connectivity index (χ0) is 13.4. The minimum Gasteiger partial charge on any atom is -0.493 e. The fourth-order valence-corrected chi connectivity index (χ4v) is 1.71. The zero-order valence-corrected chi connectivity index (χ0v) is 10.3. The molecule has 2 heterocycles. The van der Waals surface area contributed by atoms with Gasteiger partial charge < -0.3 is 14.8 Å². The molecule has 2 aromatic heterocycles. The van der Waals surface area contributed by atoms with E-state index in [1.54, 1.807) is 13.8 Å². The molecular weight excluding hydrogens is 238 g/mol. The number of carbonyl (C=O) groups is 1. The van der Waals surface area contributed by atoms with Crippen LogP contribution >= 0.6 is 0 Å². The number of nitrogens with one attached hydrogen (secondary N) is 1. The first-order valence-corrected chi connectivity index (χ1v) is 5.45. The predicted octanol–water partition coefficient (Wildman–Crippen LogP) is 0.522. The van der Waals surface area contributed by atoms with Gasteiger partial charge in [0.05, 0.1) is 17.9 Å². The Hall–Kier alpha value is -2.31. The van der Waals surface area contributed by atoms with Gasteiger partial charge in [0.1, 0.15) is 5.56 Å². The molecule has 0 amide bonds. The standard InChI is InChI=1S/C11H13N3O4/c1-4-18-11(17)7-6(3)13-14-8(7)12-9(15)5(2)10(14)16/h16H,4H2,1-3H3,(H,12,15). The number of aryl methyl sites for hydroxylation is 1. The van der Waals surface area contributed by atoms with Crippen LogP contribution in [0.5, 0.6) is 5.88 Å². The molecule has 0 fully saturated rings. The number of fused-ring (bicyclic) bond motifs is 1. The third-order valence-corrected chi connectivity index (χ3v) is 2.65. The summed E-state index contributed by atoms with van der Waals surface area (Å²) >= 11 is 0. The summed E-state index contributed by atoms with van der Waals surface area (Å²) in [5.41, 5.74) is 0.346. The summed E-state index contributed by atoms with van der Waals surface area (Å²) in [5, 5.41) is 13.8. The van der Waals surface area contributed by atoms with Crippen molar-refractivity contribution in [1.82, 2.24) is 14.6 Å². The van der Waals surface area contributed by atoms with E-state index in [0.717, 1.165) is 4.52 Å². The average Bonchev–Trinajstić information content (AvgIpc) is 2.63. The fourth-order valence-electron chi connectivity index (χ4n) is 1.71. The first-order valence-electron chi connectivity index (χ1n) is 5.45. The number of hydrogen-bond donors (Lipinski definition) is 2. The van der Waals surface area contributed by atoms with Gasteiger partial charge in [-0.2, -0.15) is 9.61 Å². The van der Waals surface area contributed by atoms with Gasteiger partial charge in [0.15, 0.2) is 5.65 Å². The number of carbonyl (C=O) groups excluding carboxylic acids is 1. The van der Waals surface area contributed by atoms with Gasteiger partial charge in [0.2, 0.25) is 5.88 Å². The van der Waals surface area contributed by atoms with E-state index in [-0.39, 0.29) is 29.3 Å². The molecule has 0 saturated heterocycles. The van der Waals surface area contributed by atoms with E-state index < -0.39 is 11.5 Å². The van der Waals surface area contributed by atoms with E-state index >= 15 is 0 Å². The van der Waals surface area contributed by atoms with Crippen LogP contribution < -0.4 is 5.56 Å². The highest BCUT2D eigenvalue weighted by Crippen LogP contribution is 2.19. The highest BCUT2D eigenvalue weighted by Gasteiger charge is 2.21. The van der Waals surface area contributed by atoms with Crippen LogP contribution in [0.4, 0.5) is 0 Å². The van der Waals surface area contributed by atoms with Crippen LogP contribution in [0.2, 0.25) is 0 Å². The highest BCUT2D eigenvalue weighted by atomic mass is 16.5. The smallest absolute Gasteiger partial charge is 0.343 e. The summed E-state index contributed by atoms with van der Waals surface area (Å²) in [6.45, 7) is 4.97. The molecule has 7 heteroatoms. The molecule has 0 aliphatic carbocycles. The molecule has 0 bridgehead atoms. The SMILES string of the molecule is CCOC(=O)c1c(C)nn2c(O)c(C)c(=O)[nH]c12. The van der Waals surface area contributed by atoms with Crippen molar-refractivity contribution in [3.63, 3.8) is 0 Å². The van der Waals surface area contributed by atoms with E-state index in [1.807, 2.05) is 0 Å². The number of aromatic hydroxyl groups is 1. The topological polar surface area (TPSA) is 96.7 Å². The Balaban J connectivity index is 2.80. The van der Waals surface area contributed by atoms with Crippen molar-refractivity contribution in [3.8, 4) is 5.88 Å². The van der Waals surface area contributed by atoms with Crippen LogP contribution in [0.3, 0.4) is 0 Å². The molecule has 0 unspecified atom stereocenters. The Morgan fingerprint density at radius 3 is 2.78 bits per heavy atom. The number of esters is 1. The van der Waals surface area contributed by atoms with E-state index in [9.17, 15) is 14.7 Å². The Morgan fingerprint density at radius 2 is 2.17 bits per heavy atom. The Morgan fingerprint density at radius 1 is 1.50 bits per heavy atom. The van der Waals surface area contributed by atoms with Crippen molar-refractivity contribution in [1.29, 1.82) is 0 Å². The lowest BCUT2D eigenvalue weighted by molar-refractivity contribution is 0.0527. The normalized spacial score (nSPS) is 10.8. The molecule has 7 nitrogen and oxygen atoms in total. The maximum absolute atomic E-state index is 11.8. The number of rotatable bonds is 2. The van der Waals surface area contributed by atoms with E-state index in [2.05, 4.69) is 10.1 Å².